The lowest BCUT2D eigenvalue weighted by atomic mass is 9.93. The van der Waals surface area contributed by atoms with Crippen LogP contribution < -0.4 is 15.4 Å². The Morgan fingerprint density at radius 1 is 0.597 bits per heavy atom. The number of carbonyl (C=O) groups excluding carboxylic acids is 2. The molecule has 0 aliphatic carbocycles. The Kier molecular flexibility index (Phi) is 15.0. The number of hydrogen-bond acceptors (Lipinski definition) is 6. The first-order chi connectivity index (χ1) is 35.0. The van der Waals surface area contributed by atoms with Crippen molar-refractivity contribution in [2.75, 3.05) is 7.11 Å². The fraction of sp³-hybridized carbons (Fsp3) is 0.246. The van der Waals surface area contributed by atoms with Crippen LogP contribution in [0, 0.1) is 6.92 Å². The first-order valence-corrected chi connectivity index (χ1v) is 25.8. The third-order valence-corrected chi connectivity index (χ3v) is 15.4. The van der Waals surface area contributed by atoms with Gasteiger partial charge in [-0.1, -0.05) is 168 Å². The fourth-order valence-electron chi connectivity index (χ4n) is 10.6. The highest BCUT2D eigenvalue weighted by atomic mass is 35.5. The maximum Gasteiger partial charge on any atom is 0.242 e. The highest BCUT2D eigenvalue weighted by Crippen LogP contribution is 2.37. The molecule has 3 aliphatic rings. The molecule has 0 spiro atoms. The topological polar surface area (TPSA) is 77.1 Å². The van der Waals surface area contributed by atoms with E-state index in [1.165, 1.54) is 11.1 Å². The van der Waals surface area contributed by atoms with Gasteiger partial charge in [0.2, 0.25) is 11.8 Å². The summed E-state index contributed by atoms with van der Waals surface area (Å²) in [6.07, 6.45) is 5.18. The smallest absolute Gasteiger partial charge is 0.242 e. The maximum atomic E-state index is 15.9. The minimum atomic E-state index is -0.893. The number of hydrogen-bond donors (Lipinski definition) is 2. The molecule has 11 heteroatoms. The van der Waals surface area contributed by atoms with E-state index in [-0.39, 0.29) is 18.0 Å². The Morgan fingerprint density at radius 2 is 1.19 bits per heavy atom. The monoisotopic (exact) mass is 1010 g/mol. The number of fused-ring (bicyclic) bond motifs is 3. The van der Waals surface area contributed by atoms with Crippen molar-refractivity contribution in [2.45, 2.75) is 90.2 Å². The van der Waals surface area contributed by atoms with Crippen molar-refractivity contribution in [1.29, 1.82) is 0 Å². The van der Waals surface area contributed by atoms with Crippen molar-refractivity contribution in [2.24, 2.45) is 0 Å². The van der Waals surface area contributed by atoms with Crippen LogP contribution in [0.1, 0.15) is 80.6 Å². The van der Waals surface area contributed by atoms with Gasteiger partial charge in [-0.3, -0.25) is 25.1 Å². The van der Waals surface area contributed by atoms with E-state index in [2.05, 4.69) is 94.4 Å². The van der Waals surface area contributed by atoms with E-state index in [1.807, 2.05) is 103 Å². The molecule has 3 aliphatic heterocycles. The fourth-order valence-corrected chi connectivity index (χ4v) is 11.4. The van der Waals surface area contributed by atoms with Crippen molar-refractivity contribution < 1.29 is 14.3 Å². The lowest BCUT2D eigenvalue weighted by Gasteiger charge is -2.39. The number of nitrogens with zero attached hydrogens (tertiary/aromatic N) is 3. The minimum absolute atomic E-state index is 0.0570. The molecule has 0 aromatic heterocycles. The van der Waals surface area contributed by atoms with Gasteiger partial charge < -0.3 is 14.5 Å². The molecular formula is C61H58Cl3N5O3. The summed E-state index contributed by atoms with van der Waals surface area (Å²) in [6, 6.07) is 48.8. The molecule has 0 saturated heterocycles. The molecule has 7 aromatic carbocycles. The number of methoxy groups -OCH3 is 1. The second-order valence-electron chi connectivity index (χ2n) is 19.3. The number of rotatable bonds is 16. The van der Waals surface area contributed by atoms with E-state index >= 15 is 4.79 Å². The lowest BCUT2D eigenvalue weighted by molar-refractivity contribution is -0.137. The van der Waals surface area contributed by atoms with Gasteiger partial charge in [0, 0.05) is 54.3 Å². The summed E-state index contributed by atoms with van der Waals surface area (Å²) >= 11 is 20.8. The van der Waals surface area contributed by atoms with Gasteiger partial charge in [0.15, 0.2) is 0 Å². The van der Waals surface area contributed by atoms with Gasteiger partial charge in [0.25, 0.3) is 0 Å². The zero-order valence-electron chi connectivity index (χ0n) is 40.8. The van der Waals surface area contributed by atoms with E-state index in [0.717, 1.165) is 61.4 Å². The largest absolute Gasteiger partial charge is 0.496 e. The predicted octanol–water partition coefficient (Wildman–Crippen LogP) is 12.8. The molecule has 8 nitrogen and oxygen atoms in total. The van der Waals surface area contributed by atoms with Crippen molar-refractivity contribution >= 4 is 58.8 Å². The molecule has 7 aromatic rings. The third kappa shape index (κ3) is 10.9. The summed E-state index contributed by atoms with van der Waals surface area (Å²) in [5.41, 5.74) is 13.8. The van der Waals surface area contributed by atoms with Crippen LogP contribution in [0.3, 0.4) is 0 Å². The first kappa shape index (κ1) is 49.4. The summed E-state index contributed by atoms with van der Waals surface area (Å²) in [7, 11) is 1.67. The van der Waals surface area contributed by atoms with Gasteiger partial charge in [-0.25, -0.2) is 0 Å². The molecule has 0 saturated carbocycles. The second-order valence-corrected chi connectivity index (χ2v) is 20.6. The van der Waals surface area contributed by atoms with Crippen LogP contribution in [0.2, 0.25) is 15.1 Å². The van der Waals surface area contributed by atoms with E-state index in [9.17, 15) is 4.79 Å². The zero-order valence-corrected chi connectivity index (χ0v) is 43.0. The molecule has 366 valence electrons. The number of nitrogens with one attached hydrogen (secondary N) is 2. The van der Waals surface area contributed by atoms with Crippen molar-refractivity contribution in [3.05, 3.63) is 228 Å². The Labute approximate surface area is 438 Å². The van der Waals surface area contributed by atoms with Crippen LogP contribution in [0.25, 0.3) is 23.3 Å². The Hall–Kier alpha value is -6.23. The SMILES string of the molecule is COc1ccc(-c2ccc(C(NC(C)C(=O)N3Cc4ccccc4C3)C(N[C@@H](CCc3ccc(Cl)cc3Cl)N3Cc4ccc(/C=C/c5ccccc5)cc4C3)C(=O)N3Cc4ccccc4C3)c(Cl)c2)cc1C. The van der Waals surface area contributed by atoms with Crippen molar-refractivity contribution in [3.63, 3.8) is 0 Å². The molecule has 0 fully saturated rings. The van der Waals surface area contributed by atoms with Crippen molar-refractivity contribution in [1.82, 2.24) is 25.3 Å². The average Bonchev–Trinajstić information content (AvgIpc) is 4.15. The minimum Gasteiger partial charge on any atom is -0.496 e. The average molecular weight is 1020 g/mol. The molecule has 3 unspecified atom stereocenters. The van der Waals surface area contributed by atoms with Crippen LogP contribution in [0.15, 0.2) is 152 Å². The van der Waals surface area contributed by atoms with Crippen LogP contribution in [0.4, 0.5) is 0 Å². The van der Waals surface area contributed by atoms with Crippen LogP contribution >= 0.6 is 34.8 Å². The van der Waals surface area contributed by atoms with E-state index in [4.69, 9.17) is 39.5 Å². The van der Waals surface area contributed by atoms with Gasteiger partial charge >= 0.3 is 0 Å². The Balaban J connectivity index is 1.04. The number of ether oxygens (including phenoxy) is 1. The molecule has 0 radical (unpaired) electrons. The van der Waals surface area contributed by atoms with Crippen molar-refractivity contribution in [3.8, 4) is 16.9 Å². The normalized spacial score (nSPS) is 15.8. The van der Waals surface area contributed by atoms with Gasteiger partial charge in [0.1, 0.15) is 11.8 Å². The van der Waals surface area contributed by atoms with Gasteiger partial charge in [-0.05, 0) is 129 Å². The third-order valence-electron chi connectivity index (χ3n) is 14.5. The summed E-state index contributed by atoms with van der Waals surface area (Å²) in [5, 5.41) is 9.41. The molecule has 72 heavy (non-hydrogen) atoms. The standard InChI is InChI=1S/C61H58Cl3N5O3/c1-39-29-44(23-27-56(39)72-3)45-22-26-53(55(64)31-45)58(65-40(2)60(70)68-34-46-13-7-8-14-47(46)35-68)59(61(71)69-36-48-15-9-10-16-49(48)37-69)66-57(28-24-43-21-25-52(62)32-54(43)63)67-33-50-20-19-42(30-51(50)38-67)18-17-41-11-5-4-6-12-41/h4-23,25-27,29-32,40,57-59,65-66H,24,28,33-38H2,1-3H3/b18-17+/t40?,57-,58?,59?/m1/s1. The highest BCUT2D eigenvalue weighted by Gasteiger charge is 2.41. The van der Waals surface area contributed by atoms with E-state index in [1.54, 1.807) is 13.2 Å². The van der Waals surface area contributed by atoms with Gasteiger partial charge in [-0.15, -0.1) is 0 Å². The van der Waals surface area contributed by atoms with E-state index < -0.39 is 18.1 Å². The number of amides is 2. The lowest BCUT2D eigenvalue weighted by Crippen LogP contribution is -2.59. The summed E-state index contributed by atoms with van der Waals surface area (Å²) in [5.74, 6) is 0.650. The summed E-state index contributed by atoms with van der Waals surface area (Å²) in [4.78, 5) is 36.8. The number of aryl methyl sites for hydroxylation is 2. The van der Waals surface area contributed by atoms with Crippen LogP contribution in [0.5, 0.6) is 5.75 Å². The predicted molar refractivity (Wildman–Crippen MR) is 291 cm³/mol. The molecular weight excluding hydrogens is 957 g/mol. The molecule has 10 rings (SSSR count). The van der Waals surface area contributed by atoms with E-state index in [0.29, 0.717) is 72.7 Å². The summed E-state index contributed by atoms with van der Waals surface area (Å²) in [6.45, 7) is 7.20. The Morgan fingerprint density at radius 3 is 1.83 bits per heavy atom. The zero-order chi connectivity index (χ0) is 49.9. The Bertz CT molecular complexity index is 3110. The molecule has 2 amide bonds. The van der Waals surface area contributed by atoms with Gasteiger partial charge in [-0.2, -0.15) is 0 Å². The van der Waals surface area contributed by atoms with Crippen LogP contribution in [-0.4, -0.2) is 51.9 Å². The molecule has 0 bridgehead atoms. The summed E-state index contributed by atoms with van der Waals surface area (Å²) < 4.78 is 5.58. The molecule has 2 N–H and O–H groups in total. The number of benzene rings is 7. The quantitative estimate of drug-likeness (QED) is 0.0940. The maximum absolute atomic E-state index is 15.9. The van der Waals surface area contributed by atoms with Gasteiger partial charge in [0.05, 0.1) is 25.4 Å². The highest BCUT2D eigenvalue weighted by molar-refractivity contribution is 6.35. The molecule has 4 atom stereocenters. The number of carbonyl (C=O) groups is 2. The first-order valence-electron chi connectivity index (χ1n) is 24.7. The van der Waals surface area contributed by atoms with Crippen LogP contribution in [-0.2, 0) is 55.3 Å². The second kappa shape index (κ2) is 21.9. The number of halogens is 3. The molecule has 3 heterocycles.